The van der Waals surface area contributed by atoms with Gasteiger partial charge in [-0.05, 0) is 43.0 Å². The van der Waals surface area contributed by atoms with Crippen molar-refractivity contribution in [3.63, 3.8) is 0 Å². The number of benzene rings is 2. The highest BCUT2D eigenvalue weighted by molar-refractivity contribution is 8.04. The van der Waals surface area contributed by atoms with Crippen LogP contribution in [-0.4, -0.2) is 36.4 Å². The van der Waals surface area contributed by atoms with E-state index >= 15 is 0 Å². The summed E-state index contributed by atoms with van der Waals surface area (Å²) < 4.78 is 11.8. The second-order valence-corrected chi connectivity index (χ2v) is 10.9. The van der Waals surface area contributed by atoms with Crippen molar-refractivity contribution < 1.29 is 14.3 Å². The van der Waals surface area contributed by atoms with Crippen LogP contribution in [0.2, 0.25) is 0 Å². The van der Waals surface area contributed by atoms with Gasteiger partial charge in [0.2, 0.25) is 11.8 Å². The van der Waals surface area contributed by atoms with Crippen molar-refractivity contribution in [2.45, 2.75) is 49.9 Å². The van der Waals surface area contributed by atoms with E-state index in [2.05, 4.69) is 58.3 Å². The summed E-state index contributed by atoms with van der Waals surface area (Å²) in [5, 5.41) is 0. The number of rotatable bonds is 6. The first-order chi connectivity index (χ1) is 16.9. The van der Waals surface area contributed by atoms with E-state index < -0.39 is 5.97 Å². The van der Waals surface area contributed by atoms with Gasteiger partial charge in [-0.3, -0.25) is 0 Å². The number of carbonyl (C=O) groups is 1. The number of anilines is 1. The summed E-state index contributed by atoms with van der Waals surface area (Å²) in [7, 11) is 4.04. The quantitative estimate of drug-likeness (QED) is 0.551. The van der Waals surface area contributed by atoms with E-state index in [0.717, 1.165) is 41.4 Å². The molecule has 6 nitrogen and oxygen atoms in total. The summed E-state index contributed by atoms with van der Waals surface area (Å²) in [5.74, 6) is 0.184. The predicted octanol–water partition coefficient (Wildman–Crippen LogP) is 5.29. The molecule has 0 radical (unpaired) electrons. The van der Waals surface area contributed by atoms with Crippen LogP contribution in [0.25, 0.3) is 0 Å². The molecule has 1 fully saturated rings. The van der Waals surface area contributed by atoms with Gasteiger partial charge in [-0.15, -0.1) is 0 Å². The maximum atomic E-state index is 13.1. The van der Waals surface area contributed by atoms with Crippen LogP contribution in [0.3, 0.4) is 0 Å². The van der Waals surface area contributed by atoms with E-state index in [-0.39, 0.29) is 23.3 Å². The largest absolute Gasteiger partial charge is 0.462 e. The Bertz CT molecular complexity index is 1150. The third-order valence-corrected chi connectivity index (χ3v) is 8.72. The summed E-state index contributed by atoms with van der Waals surface area (Å²) in [6.07, 6.45) is 4.49. The Balaban J connectivity index is 1.61. The molecule has 2 N–H and O–H groups in total. The Hall–Kier alpha value is -3.06. The van der Waals surface area contributed by atoms with Crippen molar-refractivity contribution in [3.8, 4) is 0 Å². The fourth-order valence-electron chi connectivity index (χ4n) is 5.33. The second kappa shape index (κ2) is 9.53. The molecule has 1 unspecified atom stereocenters. The average molecular weight is 492 g/mol. The normalized spacial score (nSPS) is 20.8. The maximum absolute atomic E-state index is 13.1. The summed E-state index contributed by atoms with van der Waals surface area (Å²) in [4.78, 5) is 18.6. The molecule has 1 aliphatic carbocycles. The number of thioether (sulfide) groups is 1. The van der Waals surface area contributed by atoms with Gasteiger partial charge in [0.1, 0.15) is 5.57 Å². The third kappa shape index (κ3) is 4.27. The fraction of sp³-hybridized carbons (Fsp3) is 0.393. The van der Waals surface area contributed by atoms with Gasteiger partial charge < -0.3 is 25.0 Å². The Morgan fingerprint density at radius 3 is 2.46 bits per heavy atom. The zero-order chi connectivity index (χ0) is 24.6. The van der Waals surface area contributed by atoms with Crippen LogP contribution in [0.1, 0.15) is 49.7 Å². The van der Waals surface area contributed by atoms with Crippen molar-refractivity contribution in [1.82, 2.24) is 4.90 Å². The molecule has 0 amide bonds. The number of esters is 1. The fourth-order valence-corrected chi connectivity index (χ4v) is 7.10. The molecule has 0 aromatic heterocycles. The summed E-state index contributed by atoms with van der Waals surface area (Å²) in [5.41, 5.74) is 10.2. The smallest absolute Gasteiger partial charge is 0.340 e. The molecule has 184 valence electrons. The van der Waals surface area contributed by atoms with Gasteiger partial charge in [-0.1, -0.05) is 67.1 Å². The number of hydrogen-bond donors (Lipinski definition) is 1. The van der Waals surface area contributed by atoms with Crippen molar-refractivity contribution in [2.24, 2.45) is 5.73 Å². The van der Waals surface area contributed by atoms with E-state index in [0.29, 0.717) is 5.57 Å². The Morgan fingerprint density at radius 2 is 1.83 bits per heavy atom. The molecule has 2 aromatic carbocycles. The number of ether oxygens (including phenoxy) is 2. The molecule has 5 rings (SSSR count). The molecular weight excluding hydrogens is 458 g/mol. The van der Waals surface area contributed by atoms with Crippen LogP contribution < -0.4 is 10.6 Å². The van der Waals surface area contributed by atoms with Gasteiger partial charge in [0.15, 0.2) is 0 Å². The molecule has 1 saturated carbocycles. The Morgan fingerprint density at radius 1 is 1.14 bits per heavy atom. The third-order valence-electron chi connectivity index (χ3n) is 7.08. The van der Waals surface area contributed by atoms with Gasteiger partial charge in [-0.2, -0.15) is 0 Å². The van der Waals surface area contributed by atoms with Crippen molar-refractivity contribution in [1.29, 1.82) is 0 Å². The van der Waals surface area contributed by atoms with Crippen LogP contribution in [0.5, 0.6) is 0 Å². The first-order valence-corrected chi connectivity index (χ1v) is 13.1. The van der Waals surface area contributed by atoms with Gasteiger partial charge >= 0.3 is 5.97 Å². The molecule has 2 aromatic rings. The van der Waals surface area contributed by atoms with E-state index in [9.17, 15) is 4.79 Å². The van der Waals surface area contributed by atoms with Gasteiger partial charge in [0, 0.05) is 26.3 Å². The highest BCUT2D eigenvalue weighted by atomic mass is 32.2. The minimum atomic E-state index is -0.416. The standard InChI is InChI=1S/C28H33N3O3S/c1-4-33-27(32)23-22(20-12-14-21(15-13-20)30(2)3)24-26(34-25(23)29)31(18-19-10-6-5-7-11-19)28(35-24)16-8-9-17-28/h5-7,10-15,22H,4,8-9,16-18,29H2,1-3H3. The SMILES string of the molecule is CCOC(=O)C1=C(N)OC2=C(SC3(CCCC3)N2Cc2ccccc2)C1c1ccc(N(C)C)cc1. The zero-order valence-electron chi connectivity index (χ0n) is 20.6. The van der Waals surface area contributed by atoms with Crippen molar-refractivity contribution in [2.75, 3.05) is 25.6 Å². The molecule has 2 aliphatic heterocycles. The predicted molar refractivity (Wildman–Crippen MR) is 140 cm³/mol. The Kier molecular flexibility index (Phi) is 6.45. The molecule has 1 atom stereocenters. The number of carbonyl (C=O) groups excluding carboxylic acids is 1. The highest BCUT2D eigenvalue weighted by Gasteiger charge is 2.53. The average Bonchev–Trinajstić information content (AvgIpc) is 3.44. The summed E-state index contributed by atoms with van der Waals surface area (Å²) in [6.45, 7) is 2.83. The molecule has 2 heterocycles. The molecule has 0 saturated heterocycles. The zero-order valence-corrected chi connectivity index (χ0v) is 21.4. The summed E-state index contributed by atoms with van der Waals surface area (Å²) >= 11 is 1.86. The molecule has 3 aliphatic rings. The molecular formula is C28H33N3O3S. The number of hydrogen-bond acceptors (Lipinski definition) is 7. The van der Waals surface area contributed by atoms with E-state index in [4.69, 9.17) is 15.2 Å². The highest BCUT2D eigenvalue weighted by Crippen LogP contribution is 2.61. The van der Waals surface area contributed by atoms with E-state index in [1.807, 2.05) is 38.8 Å². The van der Waals surface area contributed by atoms with Crippen LogP contribution in [-0.2, 0) is 20.8 Å². The van der Waals surface area contributed by atoms with Crippen LogP contribution in [0.15, 0.2) is 76.8 Å². The van der Waals surface area contributed by atoms with Gasteiger partial charge in [0.25, 0.3) is 0 Å². The maximum Gasteiger partial charge on any atom is 0.340 e. The minimum absolute atomic E-state index is 0.0905. The molecule has 1 spiro atoms. The lowest BCUT2D eigenvalue weighted by molar-refractivity contribution is -0.139. The lowest BCUT2D eigenvalue weighted by Gasteiger charge is -2.37. The van der Waals surface area contributed by atoms with Gasteiger partial charge in [-0.25, -0.2) is 4.79 Å². The molecule has 35 heavy (non-hydrogen) atoms. The number of nitrogens with zero attached hydrogens (tertiary/aromatic N) is 2. The van der Waals surface area contributed by atoms with E-state index in [1.165, 1.54) is 18.4 Å². The lowest BCUT2D eigenvalue weighted by atomic mass is 9.89. The van der Waals surface area contributed by atoms with Crippen LogP contribution >= 0.6 is 11.8 Å². The monoisotopic (exact) mass is 491 g/mol. The van der Waals surface area contributed by atoms with Crippen LogP contribution in [0, 0.1) is 0 Å². The lowest BCUT2D eigenvalue weighted by Crippen LogP contribution is -2.40. The van der Waals surface area contributed by atoms with Crippen molar-refractivity contribution >= 4 is 23.4 Å². The Labute approximate surface area is 211 Å². The second-order valence-electron chi connectivity index (χ2n) is 9.52. The first kappa shape index (κ1) is 23.7. The van der Waals surface area contributed by atoms with Crippen molar-refractivity contribution in [3.05, 3.63) is 88.0 Å². The summed E-state index contributed by atoms with van der Waals surface area (Å²) in [6, 6.07) is 18.8. The number of allylic oxidation sites excluding steroid dienone is 1. The molecule has 7 heteroatoms. The van der Waals surface area contributed by atoms with Crippen LogP contribution in [0.4, 0.5) is 5.69 Å². The minimum Gasteiger partial charge on any atom is -0.462 e. The number of nitrogens with two attached hydrogens (primary N) is 1. The topological polar surface area (TPSA) is 68.0 Å². The first-order valence-electron chi connectivity index (χ1n) is 12.3. The molecule has 0 bridgehead atoms. The van der Waals surface area contributed by atoms with Gasteiger partial charge in [0.05, 0.1) is 22.3 Å². The van der Waals surface area contributed by atoms with E-state index in [1.54, 1.807) is 0 Å².